The van der Waals surface area contributed by atoms with Crippen molar-refractivity contribution in [3.63, 3.8) is 0 Å². The summed E-state index contributed by atoms with van der Waals surface area (Å²) in [5.74, 6) is 0.168. The first-order valence-corrected chi connectivity index (χ1v) is 11.2. The zero-order valence-corrected chi connectivity index (χ0v) is 17.5. The molecule has 0 saturated carbocycles. The summed E-state index contributed by atoms with van der Waals surface area (Å²) in [5, 5.41) is 0. The summed E-state index contributed by atoms with van der Waals surface area (Å²) >= 11 is 0. The van der Waals surface area contributed by atoms with E-state index in [1.54, 1.807) is 12.1 Å². The van der Waals surface area contributed by atoms with Gasteiger partial charge in [-0.15, -0.1) is 0 Å². The zero-order chi connectivity index (χ0) is 19.7. The Balaban J connectivity index is 1.58. The Labute approximate surface area is 163 Å². The van der Waals surface area contributed by atoms with E-state index in [0.29, 0.717) is 37.6 Å². The summed E-state index contributed by atoms with van der Waals surface area (Å²) in [5.41, 5.74) is 1.11. The number of amides is 1. The summed E-state index contributed by atoms with van der Waals surface area (Å²) in [7, 11) is -3.48. The molecule has 1 amide bonds. The molecule has 0 radical (unpaired) electrons. The average molecular weight is 394 g/mol. The van der Waals surface area contributed by atoms with Crippen LogP contribution in [-0.2, 0) is 20.2 Å². The largest absolute Gasteiger partial charge is 0.342 e. The Morgan fingerprint density at radius 3 is 2.00 bits per heavy atom. The van der Waals surface area contributed by atoms with Gasteiger partial charge in [0.1, 0.15) is 0 Å². The van der Waals surface area contributed by atoms with Crippen LogP contribution < -0.4 is 0 Å². The van der Waals surface area contributed by atoms with E-state index in [0.717, 1.165) is 31.5 Å². The van der Waals surface area contributed by atoms with Gasteiger partial charge >= 0.3 is 0 Å². The van der Waals surface area contributed by atoms with Gasteiger partial charge in [-0.3, -0.25) is 9.69 Å². The van der Waals surface area contributed by atoms with Crippen molar-refractivity contribution in [3.05, 3.63) is 29.8 Å². The molecule has 0 bridgehead atoms. The monoisotopic (exact) mass is 393 g/mol. The van der Waals surface area contributed by atoms with E-state index in [1.165, 1.54) is 4.31 Å². The van der Waals surface area contributed by atoms with Gasteiger partial charge < -0.3 is 4.90 Å². The van der Waals surface area contributed by atoms with Gasteiger partial charge in [-0.1, -0.05) is 32.9 Å². The van der Waals surface area contributed by atoms with Crippen LogP contribution >= 0.6 is 0 Å². The molecule has 2 saturated heterocycles. The molecule has 0 unspecified atom stereocenters. The molecule has 0 aliphatic carbocycles. The molecule has 6 nitrogen and oxygen atoms in total. The Morgan fingerprint density at radius 1 is 0.926 bits per heavy atom. The van der Waals surface area contributed by atoms with Crippen molar-refractivity contribution in [2.45, 2.75) is 43.9 Å². The van der Waals surface area contributed by atoms with Crippen LogP contribution in [0.15, 0.2) is 29.2 Å². The highest BCUT2D eigenvalue weighted by Gasteiger charge is 2.30. The van der Waals surface area contributed by atoms with Crippen LogP contribution in [0, 0.1) is 0 Å². The molecule has 0 aromatic heterocycles. The maximum Gasteiger partial charge on any atom is 0.243 e. The molecule has 7 heteroatoms. The van der Waals surface area contributed by atoms with Crippen molar-refractivity contribution in [1.29, 1.82) is 0 Å². The molecule has 1 aromatic rings. The third-order valence-electron chi connectivity index (χ3n) is 5.51. The van der Waals surface area contributed by atoms with E-state index in [1.807, 2.05) is 17.0 Å². The number of carbonyl (C=O) groups is 1. The molecule has 3 rings (SSSR count). The van der Waals surface area contributed by atoms with Gasteiger partial charge in [0.15, 0.2) is 0 Å². The van der Waals surface area contributed by atoms with Crippen molar-refractivity contribution in [2.75, 3.05) is 45.8 Å². The molecule has 2 aliphatic heterocycles. The Kier molecular flexibility index (Phi) is 5.93. The number of nitrogens with zero attached hydrogens (tertiary/aromatic N) is 3. The van der Waals surface area contributed by atoms with Gasteiger partial charge in [0, 0.05) is 39.3 Å². The van der Waals surface area contributed by atoms with Crippen LogP contribution in [0.2, 0.25) is 0 Å². The van der Waals surface area contributed by atoms with Crippen LogP contribution in [0.5, 0.6) is 0 Å². The first-order valence-electron chi connectivity index (χ1n) is 9.79. The molecule has 2 aliphatic rings. The van der Waals surface area contributed by atoms with Crippen molar-refractivity contribution in [2.24, 2.45) is 0 Å². The predicted molar refractivity (Wildman–Crippen MR) is 106 cm³/mol. The average Bonchev–Trinajstić information content (AvgIpc) is 3.16. The Morgan fingerprint density at radius 2 is 1.48 bits per heavy atom. The lowest BCUT2D eigenvalue weighted by molar-refractivity contribution is -0.131. The standard InChI is InChI=1S/C20H31N3O3S/c1-20(2,3)17-6-8-18(9-7-17)27(25,26)23-14-12-21(13-15-23)16-19(24)22-10-4-5-11-22/h6-9H,4-5,10-16H2,1-3H3. The fourth-order valence-corrected chi connectivity index (χ4v) is 5.08. The Hall–Kier alpha value is -1.44. The normalized spacial score (nSPS) is 20.2. The van der Waals surface area contributed by atoms with E-state index < -0.39 is 10.0 Å². The third kappa shape index (κ3) is 4.70. The predicted octanol–water partition coefficient (Wildman–Crippen LogP) is 1.91. The molecule has 0 atom stereocenters. The van der Waals surface area contributed by atoms with Gasteiger partial charge in [-0.25, -0.2) is 8.42 Å². The summed E-state index contributed by atoms with van der Waals surface area (Å²) in [6.45, 7) is 10.5. The second-order valence-electron chi connectivity index (χ2n) is 8.54. The van der Waals surface area contributed by atoms with Crippen LogP contribution in [0.4, 0.5) is 0 Å². The van der Waals surface area contributed by atoms with Crippen molar-refractivity contribution in [1.82, 2.24) is 14.1 Å². The highest BCUT2D eigenvalue weighted by molar-refractivity contribution is 7.89. The highest BCUT2D eigenvalue weighted by atomic mass is 32.2. The van der Waals surface area contributed by atoms with Gasteiger partial charge in [-0.05, 0) is 36.0 Å². The summed E-state index contributed by atoms with van der Waals surface area (Å²) < 4.78 is 27.4. The number of hydrogen-bond acceptors (Lipinski definition) is 4. The number of rotatable bonds is 4. The number of sulfonamides is 1. The molecule has 1 aromatic carbocycles. The quantitative estimate of drug-likeness (QED) is 0.784. The fraction of sp³-hybridized carbons (Fsp3) is 0.650. The summed E-state index contributed by atoms with van der Waals surface area (Å²) in [6, 6.07) is 7.22. The number of benzene rings is 1. The summed E-state index contributed by atoms with van der Waals surface area (Å²) in [4.78, 5) is 16.6. The summed E-state index contributed by atoms with van der Waals surface area (Å²) in [6.07, 6.45) is 2.18. The number of piperazine rings is 1. The second kappa shape index (κ2) is 7.89. The van der Waals surface area contributed by atoms with E-state index in [-0.39, 0.29) is 11.3 Å². The van der Waals surface area contributed by atoms with E-state index in [4.69, 9.17) is 0 Å². The van der Waals surface area contributed by atoms with Crippen molar-refractivity contribution < 1.29 is 13.2 Å². The van der Waals surface area contributed by atoms with E-state index in [2.05, 4.69) is 25.7 Å². The first kappa shape index (κ1) is 20.3. The molecular weight excluding hydrogens is 362 g/mol. The Bertz CT molecular complexity index is 755. The van der Waals surface area contributed by atoms with Gasteiger partial charge in [0.05, 0.1) is 11.4 Å². The molecule has 2 heterocycles. The van der Waals surface area contributed by atoms with E-state index in [9.17, 15) is 13.2 Å². The molecule has 0 N–H and O–H groups in total. The molecule has 150 valence electrons. The highest BCUT2D eigenvalue weighted by Crippen LogP contribution is 2.25. The van der Waals surface area contributed by atoms with Crippen molar-refractivity contribution in [3.8, 4) is 0 Å². The van der Waals surface area contributed by atoms with Gasteiger partial charge in [-0.2, -0.15) is 4.31 Å². The minimum atomic E-state index is -3.48. The van der Waals surface area contributed by atoms with Crippen LogP contribution in [-0.4, -0.2) is 74.2 Å². The smallest absolute Gasteiger partial charge is 0.243 e. The van der Waals surface area contributed by atoms with E-state index >= 15 is 0 Å². The number of likely N-dealkylation sites (tertiary alicyclic amines) is 1. The van der Waals surface area contributed by atoms with Gasteiger partial charge in [0.2, 0.25) is 15.9 Å². The molecule has 27 heavy (non-hydrogen) atoms. The third-order valence-corrected chi connectivity index (χ3v) is 7.42. The van der Waals surface area contributed by atoms with Gasteiger partial charge in [0.25, 0.3) is 0 Å². The minimum Gasteiger partial charge on any atom is -0.342 e. The minimum absolute atomic E-state index is 0.00417. The lowest BCUT2D eigenvalue weighted by Gasteiger charge is -2.34. The lowest BCUT2D eigenvalue weighted by Crippen LogP contribution is -2.51. The zero-order valence-electron chi connectivity index (χ0n) is 16.6. The van der Waals surface area contributed by atoms with Crippen LogP contribution in [0.25, 0.3) is 0 Å². The number of hydrogen-bond donors (Lipinski definition) is 0. The molecular formula is C20H31N3O3S. The van der Waals surface area contributed by atoms with Crippen LogP contribution in [0.3, 0.4) is 0 Å². The first-order chi connectivity index (χ1) is 12.7. The topological polar surface area (TPSA) is 60.9 Å². The maximum atomic E-state index is 12.9. The molecule has 2 fully saturated rings. The number of carbonyl (C=O) groups excluding carboxylic acids is 1. The molecule has 0 spiro atoms. The van der Waals surface area contributed by atoms with Crippen LogP contribution in [0.1, 0.15) is 39.2 Å². The SMILES string of the molecule is CC(C)(C)c1ccc(S(=O)(=O)N2CCN(CC(=O)N3CCCC3)CC2)cc1. The maximum absolute atomic E-state index is 12.9. The second-order valence-corrected chi connectivity index (χ2v) is 10.5. The van der Waals surface area contributed by atoms with Crippen molar-refractivity contribution >= 4 is 15.9 Å². The fourth-order valence-electron chi connectivity index (χ4n) is 3.66. The lowest BCUT2D eigenvalue weighted by atomic mass is 9.87.